The molecule has 0 unspecified atom stereocenters. The van der Waals surface area contributed by atoms with Crippen LogP contribution in [0.5, 0.6) is 0 Å². The molecule has 11 heavy (non-hydrogen) atoms. The van der Waals surface area contributed by atoms with Crippen LogP contribution >= 0.6 is 23.1 Å². The number of rotatable bonds is 1. The molecule has 0 amide bonds. The molecule has 0 aromatic carbocycles. The highest BCUT2D eigenvalue weighted by atomic mass is 32.2. The summed E-state index contributed by atoms with van der Waals surface area (Å²) >= 11 is 3.71. The van der Waals surface area contributed by atoms with Crippen LogP contribution in [0.4, 0.5) is 0 Å². The molecule has 60 valence electrons. The Morgan fingerprint density at radius 1 is 1.55 bits per heavy atom. The first-order chi connectivity index (χ1) is 5.42. The van der Waals surface area contributed by atoms with Crippen LogP contribution in [0.15, 0.2) is 9.59 Å². The quantitative estimate of drug-likeness (QED) is 0.726. The molecule has 1 N–H and O–H groups in total. The molecule has 2 rings (SSSR count). The largest absolute Gasteiger partial charge is 0.392 e. The fraction of sp³-hybridized carbons (Fsp3) is 0.500. The van der Waals surface area contributed by atoms with E-state index < -0.39 is 0 Å². The predicted molar refractivity (Wildman–Crippen MR) is 49.3 cm³/mol. The van der Waals surface area contributed by atoms with E-state index in [1.807, 2.05) is 11.8 Å². The minimum absolute atomic E-state index is 0.215. The van der Waals surface area contributed by atoms with Crippen molar-refractivity contribution in [2.24, 2.45) is 0 Å². The summed E-state index contributed by atoms with van der Waals surface area (Å²) in [4.78, 5) is 0. The van der Waals surface area contributed by atoms with Crippen LogP contribution in [-0.2, 0) is 13.0 Å². The van der Waals surface area contributed by atoms with Gasteiger partial charge in [-0.15, -0.1) is 23.1 Å². The van der Waals surface area contributed by atoms with Crippen molar-refractivity contribution >= 4 is 23.1 Å². The van der Waals surface area contributed by atoms with E-state index in [-0.39, 0.29) is 6.61 Å². The third-order valence-electron chi connectivity index (χ3n) is 1.92. The molecule has 2 heterocycles. The van der Waals surface area contributed by atoms with E-state index in [1.165, 1.54) is 28.4 Å². The first-order valence-electron chi connectivity index (χ1n) is 3.74. The number of hydrogen-bond acceptors (Lipinski definition) is 3. The summed E-state index contributed by atoms with van der Waals surface area (Å²) < 4.78 is 1.43. The van der Waals surface area contributed by atoms with Crippen molar-refractivity contribution in [2.45, 2.75) is 23.7 Å². The molecule has 0 radical (unpaired) electrons. The van der Waals surface area contributed by atoms with Crippen LogP contribution < -0.4 is 0 Å². The second-order valence-electron chi connectivity index (χ2n) is 2.64. The lowest BCUT2D eigenvalue weighted by atomic mass is 10.1. The van der Waals surface area contributed by atoms with Gasteiger partial charge in [0, 0.05) is 0 Å². The van der Waals surface area contributed by atoms with Crippen molar-refractivity contribution in [1.82, 2.24) is 0 Å². The summed E-state index contributed by atoms with van der Waals surface area (Å²) in [5, 5.41) is 11.1. The molecule has 0 saturated heterocycles. The lowest BCUT2D eigenvalue weighted by molar-refractivity contribution is 0.281. The fourth-order valence-electron chi connectivity index (χ4n) is 1.33. The van der Waals surface area contributed by atoms with Crippen molar-refractivity contribution in [1.29, 1.82) is 0 Å². The third-order valence-corrected chi connectivity index (χ3v) is 4.42. The van der Waals surface area contributed by atoms with Crippen LogP contribution in [0.2, 0.25) is 0 Å². The summed E-state index contributed by atoms with van der Waals surface area (Å²) in [5.41, 5.74) is 2.56. The van der Waals surface area contributed by atoms with E-state index in [2.05, 4.69) is 5.38 Å². The van der Waals surface area contributed by atoms with Crippen molar-refractivity contribution in [3.05, 3.63) is 16.5 Å². The molecule has 0 saturated carbocycles. The van der Waals surface area contributed by atoms with E-state index in [0.29, 0.717) is 0 Å². The van der Waals surface area contributed by atoms with E-state index >= 15 is 0 Å². The molecule has 1 aromatic rings. The molecule has 0 aliphatic carbocycles. The normalized spacial score (nSPS) is 16.5. The van der Waals surface area contributed by atoms with Gasteiger partial charge in [0.15, 0.2) is 0 Å². The molecular weight excluding hydrogens is 176 g/mol. The van der Waals surface area contributed by atoms with Gasteiger partial charge in [-0.25, -0.2) is 0 Å². The molecule has 1 aliphatic rings. The van der Waals surface area contributed by atoms with Crippen molar-refractivity contribution in [3.8, 4) is 0 Å². The first kappa shape index (κ1) is 7.65. The Morgan fingerprint density at radius 3 is 3.27 bits per heavy atom. The van der Waals surface area contributed by atoms with Gasteiger partial charge in [0.05, 0.1) is 10.8 Å². The number of aliphatic hydroxyl groups excluding tert-OH is 1. The Kier molecular flexibility index (Phi) is 2.20. The van der Waals surface area contributed by atoms with Gasteiger partial charge in [-0.2, -0.15) is 0 Å². The minimum Gasteiger partial charge on any atom is -0.392 e. The van der Waals surface area contributed by atoms with Crippen molar-refractivity contribution in [3.63, 3.8) is 0 Å². The Bertz CT molecular complexity index is 241. The maximum atomic E-state index is 8.98. The molecule has 0 bridgehead atoms. The Hall–Kier alpha value is 0.01000. The lowest BCUT2D eigenvalue weighted by Gasteiger charge is -2.10. The van der Waals surface area contributed by atoms with Gasteiger partial charge in [-0.3, -0.25) is 0 Å². The highest BCUT2D eigenvalue weighted by molar-refractivity contribution is 8.01. The fourth-order valence-corrected chi connectivity index (χ4v) is 3.72. The van der Waals surface area contributed by atoms with Gasteiger partial charge in [0.2, 0.25) is 0 Å². The van der Waals surface area contributed by atoms with Crippen molar-refractivity contribution < 1.29 is 5.11 Å². The third kappa shape index (κ3) is 1.33. The molecule has 1 aromatic heterocycles. The van der Waals surface area contributed by atoms with E-state index in [9.17, 15) is 0 Å². The van der Waals surface area contributed by atoms with Crippen LogP contribution in [0, 0.1) is 0 Å². The lowest BCUT2D eigenvalue weighted by Crippen LogP contribution is -1.97. The Labute approximate surface area is 74.4 Å². The van der Waals surface area contributed by atoms with E-state index in [1.54, 1.807) is 11.3 Å². The summed E-state index contributed by atoms with van der Waals surface area (Å²) in [6.45, 7) is 0.215. The van der Waals surface area contributed by atoms with Gasteiger partial charge < -0.3 is 5.11 Å². The average Bonchev–Trinajstić information content (AvgIpc) is 2.47. The Balaban J connectivity index is 2.38. The zero-order valence-electron chi connectivity index (χ0n) is 6.17. The monoisotopic (exact) mass is 186 g/mol. The average molecular weight is 186 g/mol. The molecule has 1 nitrogen and oxygen atoms in total. The maximum absolute atomic E-state index is 8.98. The van der Waals surface area contributed by atoms with Crippen LogP contribution in [0.25, 0.3) is 0 Å². The first-order valence-corrected chi connectivity index (χ1v) is 5.61. The topological polar surface area (TPSA) is 20.2 Å². The highest BCUT2D eigenvalue weighted by Gasteiger charge is 2.14. The van der Waals surface area contributed by atoms with Gasteiger partial charge >= 0.3 is 0 Å². The summed E-state index contributed by atoms with van der Waals surface area (Å²) in [5.74, 6) is 1.25. The van der Waals surface area contributed by atoms with E-state index in [0.717, 1.165) is 5.56 Å². The summed E-state index contributed by atoms with van der Waals surface area (Å²) in [6, 6.07) is 0. The predicted octanol–water partition coefficient (Wildman–Crippen LogP) is 2.28. The van der Waals surface area contributed by atoms with Gasteiger partial charge in [0.1, 0.15) is 0 Å². The Morgan fingerprint density at radius 2 is 2.45 bits per heavy atom. The van der Waals surface area contributed by atoms with Crippen molar-refractivity contribution in [2.75, 3.05) is 5.75 Å². The highest BCUT2D eigenvalue weighted by Crippen LogP contribution is 2.37. The smallest absolute Gasteiger partial charge is 0.0693 e. The van der Waals surface area contributed by atoms with Crippen LogP contribution in [0.3, 0.4) is 0 Å². The van der Waals surface area contributed by atoms with Gasteiger partial charge in [0.25, 0.3) is 0 Å². The molecule has 0 fully saturated rings. The van der Waals surface area contributed by atoms with Gasteiger partial charge in [-0.05, 0) is 35.1 Å². The second kappa shape index (κ2) is 3.17. The van der Waals surface area contributed by atoms with Crippen LogP contribution in [-0.4, -0.2) is 10.9 Å². The molecule has 1 aliphatic heterocycles. The maximum Gasteiger partial charge on any atom is 0.0693 e. The number of aliphatic hydroxyl groups is 1. The van der Waals surface area contributed by atoms with Crippen LogP contribution in [0.1, 0.15) is 17.5 Å². The minimum atomic E-state index is 0.215. The molecule has 0 atom stereocenters. The molecule has 0 spiro atoms. The van der Waals surface area contributed by atoms with Gasteiger partial charge in [-0.1, -0.05) is 0 Å². The second-order valence-corrected chi connectivity index (χ2v) is 4.88. The standard InChI is InChI=1S/C8H10OS2/c9-4-6-5-11-8-7(6)2-1-3-10-8/h5,9H,1-4H2. The SMILES string of the molecule is OCc1csc2c1CCCS2. The summed E-state index contributed by atoms with van der Waals surface area (Å²) in [7, 11) is 0. The zero-order chi connectivity index (χ0) is 7.68. The zero-order valence-corrected chi connectivity index (χ0v) is 7.80. The number of fused-ring (bicyclic) bond motifs is 1. The summed E-state index contributed by atoms with van der Waals surface area (Å²) in [6.07, 6.45) is 2.43. The number of hydrogen-bond donors (Lipinski definition) is 1. The van der Waals surface area contributed by atoms with E-state index in [4.69, 9.17) is 5.11 Å². The molecule has 3 heteroatoms. The molecular formula is C8H10OS2. The number of thioether (sulfide) groups is 1. The number of thiophene rings is 1.